The molecule has 0 N–H and O–H groups in total. The maximum absolute atomic E-state index is 6.03. The molecule has 1 rings (SSSR count). The van der Waals surface area contributed by atoms with Crippen molar-refractivity contribution in [2.75, 3.05) is 0 Å². The second-order valence-corrected chi connectivity index (χ2v) is 4.04. The van der Waals surface area contributed by atoms with Crippen LogP contribution in [-0.4, -0.2) is 0 Å². The van der Waals surface area contributed by atoms with Crippen LogP contribution in [0.25, 0.3) is 5.76 Å². The van der Waals surface area contributed by atoms with Gasteiger partial charge in [-0.25, -0.2) is 0 Å². The third-order valence-electron chi connectivity index (χ3n) is 2.86. The van der Waals surface area contributed by atoms with E-state index in [0.717, 1.165) is 29.9 Å². The summed E-state index contributed by atoms with van der Waals surface area (Å²) in [6.07, 6.45) is 3.96. The highest BCUT2D eigenvalue weighted by atomic mass is 16.5. The molecule has 1 heteroatoms. The summed E-state index contributed by atoms with van der Waals surface area (Å²) in [6, 6.07) is 10.3. The molecular formula is C16H22O. The normalized spacial score (nSPS) is 13.3. The maximum Gasteiger partial charge on any atom is 0.133 e. The van der Waals surface area contributed by atoms with Crippen LogP contribution in [0.15, 0.2) is 47.7 Å². The Kier molecular flexibility index (Phi) is 5.55. The highest BCUT2D eigenvalue weighted by molar-refractivity contribution is 5.63. The van der Waals surface area contributed by atoms with Gasteiger partial charge in [0.05, 0.1) is 5.76 Å². The molecule has 1 aromatic rings. The Hall–Kier alpha value is -1.50. The minimum atomic E-state index is 0.920. The highest BCUT2D eigenvalue weighted by Gasteiger charge is 2.08. The van der Waals surface area contributed by atoms with Crippen molar-refractivity contribution in [1.82, 2.24) is 0 Å². The van der Waals surface area contributed by atoms with E-state index >= 15 is 0 Å². The fourth-order valence-corrected chi connectivity index (χ4v) is 1.61. The summed E-state index contributed by atoms with van der Waals surface area (Å²) in [4.78, 5) is 0. The average molecular weight is 230 g/mol. The smallest absolute Gasteiger partial charge is 0.133 e. The van der Waals surface area contributed by atoms with Gasteiger partial charge >= 0.3 is 0 Å². The number of rotatable bonds is 5. The number of hydrogen-bond acceptors (Lipinski definition) is 1. The molecule has 0 heterocycles. The molecule has 17 heavy (non-hydrogen) atoms. The number of benzene rings is 1. The SMILES string of the molecule is C/C=C(/CC)OC(=C(C)CC)c1ccccc1. The van der Waals surface area contributed by atoms with Crippen LogP contribution in [0.5, 0.6) is 0 Å². The zero-order chi connectivity index (χ0) is 12.7. The summed E-state index contributed by atoms with van der Waals surface area (Å²) >= 11 is 0. The molecule has 0 amide bonds. The molecule has 0 radical (unpaired) electrons. The van der Waals surface area contributed by atoms with Crippen LogP contribution >= 0.6 is 0 Å². The minimum absolute atomic E-state index is 0.920. The monoisotopic (exact) mass is 230 g/mol. The van der Waals surface area contributed by atoms with Crippen LogP contribution in [-0.2, 0) is 4.74 Å². The molecule has 0 spiro atoms. The topological polar surface area (TPSA) is 9.23 Å². The van der Waals surface area contributed by atoms with Gasteiger partial charge in [0, 0.05) is 12.0 Å². The summed E-state index contributed by atoms with van der Waals surface area (Å²) < 4.78 is 6.03. The molecule has 0 fully saturated rings. The van der Waals surface area contributed by atoms with Crippen molar-refractivity contribution in [2.24, 2.45) is 0 Å². The summed E-state index contributed by atoms with van der Waals surface area (Å²) in [5, 5.41) is 0. The van der Waals surface area contributed by atoms with Gasteiger partial charge in [0.1, 0.15) is 5.76 Å². The van der Waals surface area contributed by atoms with E-state index in [9.17, 15) is 0 Å². The zero-order valence-corrected chi connectivity index (χ0v) is 11.3. The molecule has 0 atom stereocenters. The van der Waals surface area contributed by atoms with E-state index in [1.54, 1.807) is 0 Å². The summed E-state index contributed by atoms with van der Waals surface area (Å²) in [5.41, 5.74) is 2.43. The highest BCUT2D eigenvalue weighted by Crippen LogP contribution is 2.25. The summed E-state index contributed by atoms with van der Waals surface area (Å²) in [5.74, 6) is 2.03. The van der Waals surface area contributed by atoms with Crippen LogP contribution in [0, 0.1) is 0 Å². The Balaban J connectivity index is 3.07. The first kappa shape index (κ1) is 13.6. The fraction of sp³-hybridized carbons (Fsp3) is 0.375. The predicted octanol–water partition coefficient (Wildman–Crippen LogP) is 5.16. The van der Waals surface area contributed by atoms with Crippen molar-refractivity contribution in [1.29, 1.82) is 0 Å². The lowest BCUT2D eigenvalue weighted by molar-refractivity contribution is 0.363. The van der Waals surface area contributed by atoms with E-state index in [2.05, 4.69) is 32.9 Å². The third-order valence-corrected chi connectivity index (χ3v) is 2.86. The lowest BCUT2D eigenvalue weighted by Gasteiger charge is -2.15. The number of allylic oxidation sites excluding steroid dienone is 3. The lowest BCUT2D eigenvalue weighted by atomic mass is 10.1. The Bertz CT molecular complexity index is 399. The van der Waals surface area contributed by atoms with E-state index in [1.165, 1.54) is 5.57 Å². The second kappa shape index (κ2) is 6.95. The Labute approximate surface area is 105 Å². The van der Waals surface area contributed by atoms with E-state index in [0.29, 0.717) is 0 Å². The van der Waals surface area contributed by atoms with Gasteiger partial charge in [-0.1, -0.05) is 44.2 Å². The Morgan fingerprint density at radius 3 is 2.24 bits per heavy atom. The molecule has 1 nitrogen and oxygen atoms in total. The van der Waals surface area contributed by atoms with Crippen LogP contribution in [0.2, 0.25) is 0 Å². The van der Waals surface area contributed by atoms with E-state index < -0.39 is 0 Å². The predicted molar refractivity (Wildman–Crippen MR) is 74.5 cm³/mol. The van der Waals surface area contributed by atoms with Gasteiger partial charge in [-0.3, -0.25) is 0 Å². The standard InChI is InChI=1S/C16H22O/c1-5-13(4)16(17-15(6-2)7-3)14-11-9-8-10-12-14/h6,8-12H,5,7H2,1-4H3/b15-6-,16-13?. The molecule has 0 aromatic heterocycles. The summed E-state index contributed by atoms with van der Waals surface area (Å²) in [7, 11) is 0. The van der Waals surface area contributed by atoms with Gasteiger partial charge in [-0.05, 0) is 31.9 Å². The van der Waals surface area contributed by atoms with Crippen LogP contribution < -0.4 is 0 Å². The molecule has 1 aromatic carbocycles. The number of hydrogen-bond donors (Lipinski definition) is 0. The van der Waals surface area contributed by atoms with Gasteiger partial charge < -0.3 is 4.74 Å². The van der Waals surface area contributed by atoms with Crippen molar-refractivity contribution >= 4 is 5.76 Å². The average Bonchev–Trinajstić information content (AvgIpc) is 2.40. The maximum atomic E-state index is 6.03. The first-order valence-electron chi connectivity index (χ1n) is 6.31. The fourth-order valence-electron chi connectivity index (χ4n) is 1.61. The first-order valence-corrected chi connectivity index (χ1v) is 6.31. The molecular weight excluding hydrogens is 208 g/mol. The molecule has 0 aliphatic carbocycles. The molecule has 0 aliphatic heterocycles. The second-order valence-electron chi connectivity index (χ2n) is 4.04. The van der Waals surface area contributed by atoms with E-state index in [4.69, 9.17) is 4.74 Å². The van der Waals surface area contributed by atoms with Gasteiger partial charge in [0.25, 0.3) is 0 Å². The molecule has 92 valence electrons. The molecule has 0 bridgehead atoms. The van der Waals surface area contributed by atoms with Crippen LogP contribution in [0.4, 0.5) is 0 Å². The Morgan fingerprint density at radius 2 is 1.76 bits per heavy atom. The lowest BCUT2D eigenvalue weighted by Crippen LogP contribution is -1.95. The molecule has 0 saturated carbocycles. The molecule has 0 aliphatic rings. The van der Waals surface area contributed by atoms with Gasteiger partial charge in [-0.2, -0.15) is 0 Å². The number of ether oxygens (including phenoxy) is 1. The van der Waals surface area contributed by atoms with Crippen LogP contribution in [0.3, 0.4) is 0 Å². The van der Waals surface area contributed by atoms with Crippen molar-refractivity contribution in [3.05, 3.63) is 53.3 Å². The zero-order valence-electron chi connectivity index (χ0n) is 11.3. The van der Waals surface area contributed by atoms with E-state index in [1.807, 2.05) is 31.2 Å². The summed E-state index contributed by atoms with van der Waals surface area (Å²) in [6.45, 7) is 8.41. The van der Waals surface area contributed by atoms with Crippen LogP contribution in [0.1, 0.15) is 46.1 Å². The quantitative estimate of drug-likeness (QED) is 0.635. The van der Waals surface area contributed by atoms with E-state index in [-0.39, 0.29) is 0 Å². The molecule has 0 unspecified atom stereocenters. The van der Waals surface area contributed by atoms with Gasteiger partial charge in [-0.15, -0.1) is 0 Å². The van der Waals surface area contributed by atoms with Gasteiger partial charge in [0.2, 0.25) is 0 Å². The first-order chi connectivity index (χ1) is 8.22. The van der Waals surface area contributed by atoms with Gasteiger partial charge in [0.15, 0.2) is 0 Å². The molecule has 0 saturated heterocycles. The van der Waals surface area contributed by atoms with Crippen molar-refractivity contribution < 1.29 is 4.74 Å². The third kappa shape index (κ3) is 3.77. The van der Waals surface area contributed by atoms with Crippen molar-refractivity contribution in [3.63, 3.8) is 0 Å². The Morgan fingerprint density at radius 1 is 1.12 bits per heavy atom. The minimum Gasteiger partial charge on any atom is -0.462 e. The largest absolute Gasteiger partial charge is 0.462 e. The van der Waals surface area contributed by atoms with Crippen molar-refractivity contribution in [2.45, 2.75) is 40.5 Å². The van der Waals surface area contributed by atoms with Crippen molar-refractivity contribution in [3.8, 4) is 0 Å².